The second-order valence-corrected chi connectivity index (χ2v) is 3.62. The van der Waals surface area contributed by atoms with E-state index < -0.39 is 6.04 Å². The lowest BCUT2D eigenvalue weighted by Gasteiger charge is -2.06. The van der Waals surface area contributed by atoms with Gasteiger partial charge in [-0.05, 0) is 17.7 Å². The van der Waals surface area contributed by atoms with Crippen LogP contribution in [0.1, 0.15) is 23.4 Å². The standard InChI is InChI=1S/C10H10ClN3O/c1-6-13-14-10(15-6)9(12)7-2-4-8(11)5-3-7/h2-5,9H,12H2,1H3. The van der Waals surface area contributed by atoms with Crippen LogP contribution >= 0.6 is 11.6 Å². The van der Waals surface area contributed by atoms with Crippen LogP contribution in [-0.4, -0.2) is 10.2 Å². The average Bonchev–Trinajstić information content (AvgIpc) is 2.65. The third-order valence-electron chi connectivity index (χ3n) is 2.04. The van der Waals surface area contributed by atoms with E-state index in [0.29, 0.717) is 16.8 Å². The Bertz CT molecular complexity index is 452. The summed E-state index contributed by atoms with van der Waals surface area (Å²) < 4.78 is 5.25. The Balaban J connectivity index is 2.28. The number of nitrogens with zero attached hydrogens (tertiary/aromatic N) is 2. The van der Waals surface area contributed by atoms with Crippen LogP contribution in [0.3, 0.4) is 0 Å². The molecule has 5 heteroatoms. The first-order valence-corrected chi connectivity index (χ1v) is 4.85. The van der Waals surface area contributed by atoms with Crippen molar-refractivity contribution >= 4 is 11.6 Å². The second kappa shape index (κ2) is 4.00. The molecule has 1 aromatic carbocycles. The molecule has 0 radical (unpaired) electrons. The summed E-state index contributed by atoms with van der Waals surface area (Å²) in [6.45, 7) is 1.73. The summed E-state index contributed by atoms with van der Waals surface area (Å²) in [6.07, 6.45) is 0. The van der Waals surface area contributed by atoms with Crippen molar-refractivity contribution in [1.82, 2.24) is 10.2 Å². The van der Waals surface area contributed by atoms with Gasteiger partial charge in [0.15, 0.2) is 0 Å². The lowest BCUT2D eigenvalue weighted by molar-refractivity contribution is 0.450. The summed E-state index contributed by atoms with van der Waals surface area (Å²) in [5.74, 6) is 0.921. The summed E-state index contributed by atoms with van der Waals surface area (Å²) in [5.41, 5.74) is 6.83. The molecule has 2 N–H and O–H groups in total. The monoisotopic (exact) mass is 223 g/mol. The van der Waals surface area contributed by atoms with Gasteiger partial charge in [-0.1, -0.05) is 23.7 Å². The van der Waals surface area contributed by atoms with Crippen molar-refractivity contribution in [2.75, 3.05) is 0 Å². The van der Waals surface area contributed by atoms with Crippen LogP contribution < -0.4 is 5.73 Å². The maximum absolute atomic E-state index is 5.94. The van der Waals surface area contributed by atoms with Gasteiger partial charge >= 0.3 is 0 Å². The van der Waals surface area contributed by atoms with Crippen molar-refractivity contribution in [1.29, 1.82) is 0 Å². The van der Waals surface area contributed by atoms with Gasteiger partial charge in [0.05, 0.1) is 0 Å². The predicted octanol–water partition coefficient (Wildman–Crippen LogP) is 2.08. The maximum Gasteiger partial charge on any atom is 0.237 e. The molecule has 0 aliphatic carbocycles. The fraction of sp³-hybridized carbons (Fsp3) is 0.200. The number of benzene rings is 1. The van der Waals surface area contributed by atoms with Crippen LogP contribution in [0.15, 0.2) is 28.7 Å². The Morgan fingerprint density at radius 2 is 1.93 bits per heavy atom. The fourth-order valence-corrected chi connectivity index (χ4v) is 1.38. The molecule has 0 bridgehead atoms. The zero-order chi connectivity index (χ0) is 10.8. The summed E-state index contributed by atoms with van der Waals surface area (Å²) >= 11 is 5.77. The van der Waals surface area contributed by atoms with Crippen molar-refractivity contribution in [2.24, 2.45) is 5.73 Å². The third-order valence-corrected chi connectivity index (χ3v) is 2.29. The summed E-state index contributed by atoms with van der Waals surface area (Å²) in [6, 6.07) is 6.84. The van der Waals surface area contributed by atoms with Crippen molar-refractivity contribution in [3.63, 3.8) is 0 Å². The van der Waals surface area contributed by atoms with Crippen molar-refractivity contribution in [3.8, 4) is 0 Å². The van der Waals surface area contributed by atoms with Crippen molar-refractivity contribution in [2.45, 2.75) is 13.0 Å². The van der Waals surface area contributed by atoms with Gasteiger partial charge in [-0.25, -0.2) is 0 Å². The minimum atomic E-state index is -0.400. The Morgan fingerprint density at radius 3 is 2.47 bits per heavy atom. The van der Waals surface area contributed by atoms with E-state index >= 15 is 0 Å². The molecule has 2 aromatic rings. The molecule has 1 aromatic heterocycles. The van der Waals surface area contributed by atoms with E-state index in [1.54, 1.807) is 19.1 Å². The van der Waals surface area contributed by atoms with E-state index in [1.807, 2.05) is 12.1 Å². The highest BCUT2D eigenvalue weighted by Gasteiger charge is 2.14. The van der Waals surface area contributed by atoms with E-state index in [2.05, 4.69) is 10.2 Å². The highest BCUT2D eigenvalue weighted by Crippen LogP contribution is 2.19. The topological polar surface area (TPSA) is 64.9 Å². The van der Waals surface area contributed by atoms with Gasteiger partial charge in [0.1, 0.15) is 6.04 Å². The van der Waals surface area contributed by atoms with E-state index in [9.17, 15) is 0 Å². The largest absolute Gasteiger partial charge is 0.424 e. The first-order valence-electron chi connectivity index (χ1n) is 4.48. The molecular weight excluding hydrogens is 214 g/mol. The van der Waals surface area contributed by atoms with Crippen LogP contribution in [0.2, 0.25) is 5.02 Å². The summed E-state index contributed by atoms with van der Waals surface area (Å²) in [5, 5.41) is 8.27. The zero-order valence-electron chi connectivity index (χ0n) is 8.14. The predicted molar refractivity (Wildman–Crippen MR) is 56.5 cm³/mol. The van der Waals surface area contributed by atoms with Gasteiger partial charge < -0.3 is 10.2 Å². The van der Waals surface area contributed by atoms with Crippen molar-refractivity contribution in [3.05, 3.63) is 46.6 Å². The van der Waals surface area contributed by atoms with Crippen LogP contribution in [-0.2, 0) is 0 Å². The highest BCUT2D eigenvalue weighted by molar-refractivity contribution is 6.30. The Kier molecular flexibility index (Phi) is 2.70. The quantitative estimate of drug-likeness (QED) is 0.847. The molecule has 0 spiro atoms. The van der Waals surface area contributed by atoms with Crippen LogP contribution in [0.4, 0.5) is 0 Å². The second-order valence-electron chi connectivity index (χ2n) is 3.19. The smallest absolute Gasteiger partial charge is 0.237 e. The SMILES string of the molecule is Cc1nnc(C(N)c2ccc(Cl)cc2)o1. The lowest BCUT2D eigenvalue weighted by atomic mass is 10.1. The molecule has 2 rings (SSSR count). The molecule has 0 fully saturated rings. The van der Waals surface area contributed by atoms with E-state index in [1.165, 1.54) is 0 Å². The molecule has 0 saturated heterocycles. The number of halogens is 1. The molecule has 78 valence electrons. The number of aromatic nitrogens is 2. The van der Waals surface area contributed by atoms with Crippen LogP contribution in [0.25, 0.3) is 0 Å². The number of rotatable bonds is 2. The first kappa shape index (κ1) is 10.1. The van der Waals surface area contributed by atoms with Crippen LogP contribution in [0, 0.1) is 6.92 Å². The van der Waals surface area contributed by atoms with Gasteiger partial charge in [0.25, 0.3) is 0 Å². The molecule has 0 saturated carbocycles. The summed E-state index contributed by atoms with van der Waals surface area (Å²) in [4.78, 5) is 0. The van der Waals surface area contributed by atoms with Gasteiger partial charge in [-0.3, -0.25) is 0 Å². The van der Waals surface area contributed by atoms with Gasteiger partial charge in [0.2, 0.25) is 11.8 Å². The van der Waals surface area contributed by atoms with Crippen molar-refractivity contribution < 1.29 is 4.42 Å². The number of aryl methyl sites for hydroxylation is 1. The van der Waals surface area contributed by atoms with E-state index in [0.717, 1.165) is 5.56 Å². The molecule has 0 aliphatic rings. The lowest BCUT2D eigenvalue weighted by Crippen LogP contribution is -2.12. The van der Waals surface area contributed by atoms with Gasteiger partial charge in [-0.2, -0.15) is 0 Å². The number of nitrogens with two attached hydrogens (primary N) is 1. The minimum Gasteiger partial charge on any atom is -0.424 e. The molecule has 1 unspecified atom stereocenters. The highest BCUT2D eigenvalue weighted by atomic mass is 35.5. The van der Waals surface area contributed by atoms with Gasteiger partial charge in [-0.15, -0.1) is 10.2 Å². The number of hydrogen-bond acceptors (Lipinski definition) is 4. The molecular formula is C10H10ClN3O. The van der Waals surface area contributed by atoms with Gasteiger partial charge in [0, 0.05) is 11.9 Å². The minimum absolute atomic E-state index is 0.400. The Morgan fingerprint density at radius 1 is 1.27 bits per heavy atom. The fourth-order valence-electron chi connectivity index (χ4n) is 1.25. The molecule has 0 amide bonds. The Labute approximate surface area is 92.1 Å². The summed E-state index contributed by atoms with van der Waals surface area (Å²) in [7, 11) is 0. The normalized spacial score (nSPS) is 12.7. The average molecular weight is 224 g/mol. The molecule has 1 heterocycles. The third kappa shape index (κ3) is 2.16. The van der Waals surface area contributed by atoms with E-state index in [-0.39, 0.29) is 0 Å². The molecule has 4 nitrogen and oxygen atoms in total. The Hall–Kier alpha value is -1.39. The first-order chi connectivity index (χ1) is 7.16. The molecule has 0 aliphatic heterocycles. The maximum atomic E-state index is 5.94. The van der Waals surface area contributed by atoms with Crippen LogP contribution in [0.5, 0.6) is 0 Å². The number of hydrogen-bond donors (Lipinski definition) is 1. The van der Waals surface area contributed by atoms with E-state index in [4.69, 9.17) is 21.8 Å². The molecule has 1 atom stereocenters. The zero-order valence-corrected chi connectivity index (χ0v) is 8.90. The molecule has 15 heavy (non-hydrogen) atoms.